The van der Waals surface area contributed by atoms with E-state index in [4.69, 9.17) is 17.2 Å². The van der Waals surface area contributed by atoms with E-state index in [2.05, 4.69) is 16.7 Å². The molecule has 2 heterocycles. The lowest BCUT2D eigenvalue weighted by molar-refractivity contribution is 0.140. The summed E-state index contributed by atoms with van der Waals surface area (Å²) in [6.07, 6.45) is 4.69. The Hall–Kier alpha value is -3.06. The molecular weight excluding hydrogens is 439 g/mol. The number of ether oxygens (including phenoxy) is 1. The number of methoxy groups -OCH3 is 1. The van der Waals surface area contributed by atoms with Crippen molar-refractivity contribution >= 4 is 16.6 Å². The summed E-state index contributed by atoms with van der Waals surface area (Å²) in [7, 11) is 1.45. The lowest BCUT2D eigenvalue weighted by atomic mass is 9.94. The number of aromatic nitrogens is 2. The van der Waals surface area contributed by atoms with Crippen LogP contribution in [0.5, 0.6) is 5.75 Å². The van der Waals surface area contributed by atoms with Gasteiger partial charge in [0.15, 0.2) is 11.6 Å². The molecule has 1 aliphatic heterocycles. The molecule has 1 atom stereocenters. The van der Waals surface area contributed by atoms with Crippen molar-refractivity contribution in [2.45, 2.75) is 50.6 Å². The Morgan fingerprint density at radius 1 is 1.32 bits per heavy atom. The van der Waals surface area contributed by atoms with E-state index in [1.54, 1.807) is 0 Å². The lowest BCUT2D eigenvalue weighted by Crippen LogP contribution is -2.45. The molecule has 10 heteroatoms. The molecule has 2 N–H and O–H groups in total. The van der Waals surface area contributed by atoms with E-state index in [0.29, 0.717) is 41.4 Å². The van der Waals surface area contributed by atoms with Crippen molar-refractivity contribution in [3.63, 3.8) is 0 Å². The van der Waals surface area contributed by atoms with Crippen LogP contribution in [0, 0.1) is 18.3 Å². The molecule has 0 bridgehead atoms. The van der Waals surface area contributed by atoms with Crippen molar-refractivity contribution in [1.29, 1.82) is 0 Å². The Morgan fingerprint density at radius 2 is 2.06 bits per heavy atom. The first-order chi connectivity index (χ1) is 16.4. The molecule has 182 valence electrons. The Balaban J connectivity index is 1.57. The van der Waals surface area contributed by atoms with Crippen molar-refractivity contribution in [3.05, 3.63) is 44.1 Å². The molecule has 0 amide bonds. The van der Waals surface area contributed by atoms with E-state index < -0.39 is 17.1 Å². The minimum Gasteiger partial charge on any atom is -0.492 e. The minimum atomic E-state index is -0.727. The van der Waals surface area contributed by atoms with E-state index >= 15 is 4.39 Å². The first kappa shape index (κ1) is 22.7. The molecule has 1 unspecified atom stereocenters. The van der Waals surface area contributed by atoms with Gasteiger partial charge in [-0.15, -0.1) is 0 Å². The van der Waals surface area contributed by atoms with Gasteiger partial charge in [0, 0.05) is 24.7 Å². The van der Waals surface area contributed by atoms with Crippen LogP contribution in [0.2, 0.25) is 0 Å². The zero-order valence-electron chi connectivity index (χ0n) is 19.7. The van der Waals surface area contributed by atoms with Gasteiger partial charge < -0.3 is 20.3 Å². The summed E-state index contributed by atoms with van der Waals surface area (Å²) in [6.45, 7) is 12.7. The third-order valence-electron chi connectivity index (χ3n) is 7.92. The molecule has 0 radical (unpaired) electrons. The maximum absolute atomic E-state index is 15.6. The fraction of sp³-hybridized carbons (Fsp3) is 0.625. The zero-order valence-corrected chi connectivity index (χ0v) is 19.7. The number of rotatable bonds is 8. The molecule has 2 saturated carbocycles. The van der Waals surface area contributed by atoms with Crippen LogP contribution in [0.25, 0.3) is 15.7 Å². The average Bonchev–Trinajstić information content (AvgIpc) is 3.77. The van der Waals surface area contributed by atoms with Crippen LogP contribution < -0.4 is 26.7 Å². The van der Waals surface area contributed by atoms with E-state index in [1.807, 2.05) is 4.90 Å². The molecule has 9 nitrogen and oxygen atoms in total. The van der Waals surface area contributed by atoms with Gasteiger partial charge in [-0.1, -0.05) is 6.92 Å². The first-order valence-corrected chi connectivity index (χ1v) is 12.0. The number of hydrogen-bond acceptors (Lipinski definition) is 6. The second-order valence-corrected chi connectivity index (χ2v) is 9.69. The van der Waals surface area contributed by atoms with Crippen molar-refractivity contribution in [3.8, 4) is 5.75 Å². The van der Waals surface area contributed by atoms with E-state index in [-0.39, 0.29) is 22.7 Å². The van der Waals surface area contributed by atoms with Crippen LogP contribution >= 0.6 is 0 Å². The number of anilines is 1. The van der Waals surface area contributed by atoms with E-state index in [9.17, 15) is 9.59 Å². The number of nitrogens with two attached hydrogens (primary N) is 1. The minimum absolute atomic E-state index is 0.0535. The molecular formula is C24H31FN6O3. The summed E-state index contributed by atoms with van der Waals surface area (Å²) in [5, 5.41) is 0.0535. The highest BCUT2D eigenvalue weighted by Crippen LogP contribution is 2.52. The zero-order chi connectivity index (χ0) is 24.2. The molecule has 34 heavy (non-hydrogen) atoms. The quantitative estimate of drug-likeness (QED) is 0.469. The predicted octanol–water partition coefficient (Wildman–Crippen LogP) is 1.96. The predicted molar refractivity (Wildman–Crippen MR) is 128 cm³/mol. The lowest BCUT2D eigenvalue weighted by Gasteiger charge is -2.34. The van der Waals surface area contributed by atoms with Gasteiger partial charge in [0.25, 0.3) is 5.56 Å². The maximum Gasteiger partial charge on any atom is 0.350 e. The molecule has 0 spiro atoms. The van der Waals surface area contributed by atoms with Crippen molar-refractivity contribution in [2.24, 2.45) is 5.92 Å². The van der Waals surface area contributed by atoms with Gasteiger partial charge in [-0.05, 0) is 50.6 Å². The van der Waals surface area contributed by atoms with Crippen LogP contribution in [0.1, 0.15) is 45.1 Å². The number of fused-ring (bicyclic) bond motifs is 1. The number of nitrogens with zero attached hydrogens (tertiary/aromatic N) is 5. The third-order valence-corrected chi connectivity index (χ3v) is 7.92. The van der Waals surface area contributed by atoms with Crippen LogP contribution in [0.15, 0.2) is 15.7 Å². The standard InChI is InChI=1S/C24H31FN6O3/c1-4-29(12-10-27-2)24(8-9-24)15-7-11-28(14-15)20-18(25)13-17-19(21(20)34-3)30(16-5-6-16)23(33)31(26)22(17)32/h13,15-16H,4-12,14,26H2,1,3H3. The summed E-state index contributed by atoms with van der Waals surface area (Å²) in [5.74, 6) is 5.76. The van der Waals surface area contributed by atoms with Gasteiger partial charge in [0.2, 0.25) is 6.54 Å². The van der Waals surface area contributed by atoms with Crippen molar-refractivity contribution in [1.82, 2.24) is 14.1 Å². The van der Waals surface area contributed by atoms with Gasteiger partial charge >= 0.3 is 5.69 Å². The summed E-state index contributed by atoms with van der Waals surface area (Å²) in [6, 6.07) is 1.13. The summed E-state index contributed by atoms with van der Waals surface area (Å²) >= 11 is 0. The highest BCUT2D eigenvalue weighted by molar-refractivity contribution is 5.91. The molecule has 2 aromatic rings. The molecule has 1 saturated heterocycles. The maximum atomic E-state index is 15.6. The summed E-state index contributed by atoms with van der Waals surface area (Å²) in [4.78, 5) is 33.6. The number of benzene rings is 1. The summed E-state index contributed by atoms with van der Waals surface area (Å²) in [5.41, 5.74) is -0.630. The highest BCUT2D eigenvalue weighted by Gasteiger charge is 2.55. The van der Waals surface area contributed by atoms with E-state index in [0.717, 1.165) is 45.2 Å². The Morgan fingerprint density at radius 3 is 2.65 bits per heavy atom. The monoisotopic (exact) mass is 470 g/mol. The van der Waals surface area contributed by atoms with Crippen molar-refractivity contribution < 1.29 is 9.13 Å². The molecule has 3 fully saturated rings. The second kappa shape index (κ2) is 8.31. The van der Waals surface area contributed by atoms with Gasteiger partial charge in [-0.25, -0.2) is 15.8 Å². The number of likely N-dealkylation sites (N-methyl/N-ethyl adjacent to an activating group) is 1. The summed E-state index contributed by atoms with van der Waals surface area (Å²) < 4.78 is 23.3. The van der Waals surface area contributed by atoms with Gasteiger partial charge in [-0.2, -0.15) is 4.68 Å². The molecule has 1 aromatic heterocycles. The molecule has 5 rings (SSSR count). The van der Waals surface area contributed by atoms with Gasteiger partial charge in [0.1, 0.15) is 11.2 Å². The topological polar surface area (TPSA) is 90.1 Å². The average molecular weight is 471 g/mol. The van der Waals surface area contributed by atoms with Gasteiger partial charge in [0.05, 0.1) is 19.0 Å². The van der Waals surface area contributed by atoms with Crippen LogP contribution in [0.3, 0.4) is 0 Å². The number of hydrogen-bond donors (Lipinski definition) is 1. The first-order valence-electron chi connectivity index (χ1n) is 12.0. The fourth-order valence-corrected chi connectivity index (χ4v) is 5.98. The van der Waals surface area contributed by atoms with Crippen LogP contribution in [0.4, 0.5) is 10.1 Å². The Bertz CT molecular complexity index is 1290. The Labute approximate surface area is 197 Å². The SMILES string of the molecule is [C-]#[N+]CCN(CC)C1(C2CCN(c3c(F)cc4c(=O)n(N)c(=O)n(C5CC5)c4c3OC)C2)CC1. The Kier molecular flexibility index (Phi) is 5.55. The van der Waals surface area contributed by atoms with Crippen LogP contribution in [-0.2, 0) is 0 Å². The highest BCUT2D eigenvalue weighted by atomic mass is 19.1. The fourth-order valence-electron chi connectivity index (χ4n) is 5.98. The number of nitrogen functional groups attached to an aromatic ring is 1. The molecule has 1 aromatic carbocycles. The van der Waals surface area contributed by atoms with Gasteiger partial charge in [-0.3, -0.25) is 14.3 Å². The van der Waals surface area contributed by atoms with Crippen LogP contribution in [-0.4, -0.2) is 59.5 Å². The smallest absolute Gasteiger partial charge is 0.350 e. The molecule has 2 aliphatic carbocycles. The number of halogens is 1. The van der Waals surface area contributed by atoms with E-state index in [1.165, 1.54) is 17.7 Å². The van der Waals surface area contributed by atoms with Crippen molar-refractivity contribution in [2.75, 3.05) is 50.6 Å². The second-order valence-electron chi connectivity index (χ2n) is 9.69. The molecule has 3 aliphatic rings. The third kappa shape index (κ3) is 3.36. The largest absolute Gasteiger partial charge is 0.492 e. The normalized spacial score (nSPS) is 21.3.